The number of carboxylic acids is 1. The molecule has 4 rings (SSSR count). The summed E-state index contributed by atoms with van der Waals surface area (Å²) in [4.78, 5) is 35.2. The van der Waals surface area contributed by atoms with E-state index in [9.17, 15) is 24.8 Å². The zero-order valence-electron chi connectivity index (χ0n) is 19.5. The summed E-state index contributed by atoms with van der Waals surface area (Å²) < 4.78 is 10.8. The maximum Gasteiger partial charge on any atom is 0.353 e. The van der Waals surface area contributed by atoms with Gasteiger partial charge in [0.05, 0.1) is 4.92 Å². The molecule has 0 spiro atoms. The average molecular weight is 508 g/mol. The first-order chi connectivity index (χ1) is 17.2. The van der Waals surface area contributed by atoms with Crippen molar-refractivity contribution in [1.29, 1.82) is 0 Å². The number of benzene rings is 3. The first-order valence-electron chi connectivity index (χ1n) is 11.1. The zero-order chi connectivity index (χ0) is 26.0. The summed E-state index contributed by atoms with van der Waals surface area (Å²) in [7, 11) is 0. The van der Waals surface area contributed by atoms with Gasteiger partial charge >= 0.3 is 17.3 Å². The van der Waals surface area contributed by atoms with Crippen LogP contribution in [0.5, 0.6) is 5.75 Å². The van der Waals surface area contributed by atoms with Gasteiger partial charge in [0.1, 0.15) is 0 Å². The van der Waals surface area contributed by atoms with Crippen LogP contribution in [0.3, 0.4) is 0 Å². The van der Waals surface area contributed by atoms with E-state index < -0.39 is 28.3 Å². The summed E-state index contributed by atoms with van der Waals surface area (Å²) in [6.07, 6.45) is -0.913. The third kappa shape index (κ3) is 5.08. The number of carbonyl (C=O) groups is 1. The van der Waals surface area contributed by atoms with Gasteiger partial charge in [-0.25, -0.2) is 9.59 Å². The molecule has 36 heavy (non-hydrogen) atoms. The molecular formula is C27H22ClNO7. The number of nitro benzene ring substituents is 1. The van der Waals surface area contributed by atoms with Gasteiger partial charge < -0.3 is 14.3 Å². The standard InChI is InChI=1S/C27H22ClNO7/c1-15-16(2)27(32)36-25-21(15)12-14-22(24(25)29(33)34)35-23(26(30)31)13-5-17-3-6-18(7-4-17)19-8-10-20(28)11-9-19/h3-4,6-12,14,23H,5,13H2,1-2H3,(H,30,31). The number of nitrogens with zero attached hydrogens (tertiary/aromatic N) is 1. The summed E-state index contributed by atoms with van der Waals surface area (Å²) in [5, 5.41) is 22.6. The molecule has 9 heteroatoms. The van der Waals surface area contributed by atoms with Crippen molar-refractivity contribution < 1.29 is 24.0 Å². The van der Waals surface area contributed by atoms with Crippen molar-refractivity contribution in [3.8, 4) is 16.9 Å². The second-order valence-corrected chi connectivity index (χ2v) is 8.81. The number of rotatable bonds is 8. The molecule has 0 aliphatic carbocycles. The number of hydrogen-bond donors (Lipinski definition) is 1. The summed E-state index contributed by atoms with van der Waals surface area (Å²) >= 11 is 5.94. The van der Waals surface area contributed by atoms with Crippen LogP contribution < -0.4 is 10.4 Å². The zero-order valence-corrected chi connectivity index (χ0v) is 20.2. The summed E-state index contributed by atoms with van der Waals surface area (Å²) in [6.45, 7) is 3.23. The number of fused-ring (bicyclic) bond motifs is 1. The molecule has 0 saturated heterocycles. The smallest absolute Gasteiger partial charge is 0.353 e. The normalized spacial score (nSPS) is 11.9. The van der Waals surface area contributed by atoms with E-state index in [4.69, 9.17) is 20.8 Å². The molecule has 0 fully saturated rings. The number of hydrogen-bond acceptors (Lipinski definition) is 6. The number of ether oxygens (including phenoxy) is 1. The van der Waals surface area contributed by atoms with Crippen molar-refractivity contribution in [1.82, 2.24) is 0 Å². The Labute approximate surface area is 210 Å². The van der Waals surface area contributed by atoms with E-state index in [2.05, 4.69) is 0 Å². The van der Waals surface area contributed by atoms with E-state index in [0.717, 1.165) is 16.7 Å². The van der Waals surface area contributed by atoms with E-state index in [-0.39, 0.29) is 17.8 Å². The second-order valence-electron chi connectivity index (χ2n) is 8.37. The summed E-state index contributed by atoms with van der Waals surface area (Å²) in [5.74, 6) is -1.53. The minimum absolute atomic E-state index is 0.0711. The topological polar surface area (TPSA) is 120 Å². The molecule has 1 heterocycles. The quantitative estimate of drug-likeness (QED) is 0.174. The van der Waals surface area contributed by atoms with Gasteiger partial charge in [0.15, 0.2) is 6.10 Å². The van der Waals surface area contributed by atoms with Gasteiger partial charge in [-0.1, -0.05) is 48.0 Å². The second kappa shape index (κ2) is 10.2. The molecule has 4 aromatic rings. The number of nitro groups is 1. The predicted molar refractivity (Wildman–Crippen MR) is 136 cm³/mol. The molecule has 1 aromatic heterocycles. The lowest BCUT2D eigenvalue weighted by molar-refractivity contribution is -0.384. The van der Waals surface area contributed by atoms with Crippen LogP contribution in [-0.2, 0) is 11.2 Å². The monoisotopic (exact) mass is 507 g/mol. The fourth-order valence-electron chi connectivity index (χ4n) is 3.93. The lowest BCUT2D eigenvalue weighted by Gasteiger charge is -2.16. The van der Waals surface area contributed by atoms with Gasteiger partial charge in [0.25, 0.3) is 0 Å². The minimum Gasteiger partial charge on any atom is -0.479 e. The molecule has 1 atom stereocenters. The maximum absolute atomic E-state index is 12.1. The van der Waals surface area contributed by atoms with Gasteiger partial charge in [0, 0.05) is 16.0 Å². The number of carboxylic acid groups (broad SMARTS) is 1. The third-order valence-corrected chi connectivity index (χ3v) is 6.37. The molecule has 0 bridgehead atoms. The summed E-state index contributed by atoms with van der Waals surface area (Å²) in [5.41, 5.74) is 2.24. The van der Waals surface area contributed by atoms with Crippen molar-refractivity contribution in [2.45, 2.75) is 32.8 Å². The van der Waals surface area contributed by atoms with Crippen LogP contribution in [0.4, 0.5) is 5.69 Å². The van der Waals surface area contributed by atoms with E-state index in [1.54, 1.807) is 26.0 Å². The Morgan fingerprint density at radius 1 is 1.03 bits per heavy atom. The Bertz CT molecular complexity index is 1510. The third-order valence-electron chi connectivity index (χ3n) is 6.12. The van der Waals surface area contributed by atoms with E-state index >= 15 is 0 Å². The van der Waals surface area contributed by atoms with Gasteiger partial charge in [-0.3, -0.25) is 10.1 Å². The van der Waals surface area contributed by atoms with Crippen molar-refractivity contribution in [3.63, 3.8) is 0 Å². The van der Waals surface area contributed by atoms with Crippen LogP contribution in [0.15, 0.2) is 69.9 Å². The maximum atomic E-state index is 12.1. The predicted octanol–water partition coefficient (Wildman–Crippen LogP) is 6.10. The molecule has 3 aromatic carbocycles. The Balaban J connectivity index is 1.56. The Morgan fingerprint density at radius 2 is 1.64 bits per heavy atom. The fraction of sp³-hybridized carbons (Fsp3) is 0.185. The highest BCUT2D eigenvalue weighted by Gasteiger charge is 2.29. The van der Waals surface area contributed by atoms with Crippen LogP contribution in [-0.4, -0.2) is 22.1 Å². The molecule has 184 valence electrons. The van der Waals surface area contributed by atoms with Gasteiger partial charge in [-0.05, 0) is 73.2 Å². The van der Waals surface area contributed by atoms with E-state index in [1.165, 1.54) is 12.1 Å². The Hall–Kier alpha value is -4.17. The van der Waals surface area contributed by atoms with Crippen molar-refractivity contribution >= 4 is 34.2 Å². The lowest BCUT2D eigenvalue weighted by Crippen LogP contribution is -2.28. The largest absolute Gasteiger partial charge is 0.479 e. The number of aliphatic carboxylic acids is 1. The van der Waals surface area contributed by atoms with E-state index in [0.29, 0.717) is 28.0 Å². The number of aryl methyl sites for hydroxylation is 2. The molecule has 0 radical (unpaired) electrons. The molecule has 0 aliphatic rings. The first kappa shape index (κ1) is 24.9. The van der Waals surface area contributed by atoms with Crippen LogP contribution in [0, 0.1) is 24.0 Å². The fourth-order valence-corrected chi connectivity index (χ4v) is 4.06. The van der Waals surface area contributed by atoms with Crippen LogP contribution >= 0.6 is 11.6 Å². The molecule has 8 nitrogen and oxygen atoms in total. The molecular weight excluding hydrogens is 486 g/mol. The highest BCUT2D eigenvalue weighted by molar-refractivity contribution is 6.30. The minimum atomic E-state index is -1.35. The summed E-state index contributed by atoms with van der Waals surface area (Å²) in [6, 6.07) is 17.9. The molecule has 0 aliphatic heterocycles. The molecule has 1 unspecified atom stereocenters. The van der Waals surface area contributed by atoms with Crippen molar-refractivity contribution in [2.24, 2.45) is 0 Å². The van der Waals surface area contributed by atoms with E-state index in [1.807, 2.05) is 36.4 Å². The van der Waals surface area contributed by atoms with Crippen molar-refractivity contribution in [3.05, 3.63) is 103 Å². The Morgan fingerprint density at radius 3 is 2.22 bits per heavy atom. The Kier molecular flexibility index (Phi) is 7.07. The van der Waals surface area contributed by atoms with Gasteiger partial charge in [-0.2, -0.15) is 0 Å². The average Bonchev–Trinajstić information content (AvgIpc) is 2.85. The highest BCUT2D eigenvalue weighted by Crippen LogP contribution is 2.37. The molecule has 1 N–H and O–H groups in total. The first-order valence-corrected chi connectivity index (χ1v) is 11.5. The van der Waals surface area contributed by atoms with Gasteiger partial charge in [-0.15, -0.1) is 0 Å². The van der Waals surface area contributed by atoms with Crippen molar-refractivity contribution in [2.75, 3.05) is 0 Å². The van der Waals surface area contributed by atoms with Crippen LogP contribution in [0.25, 0.3) is 22.1 Å². The lowest BCUT2D eigenvalue weighted by atomic mass is 10.0. The molecule has 0 amide bonds. The number of halogens is 1. The molecule has 0 saturated carbocycles. The van der Waals surface area contributed by atoms with Crippen LogP contribution in [0.2, 0.25) is 5.02 Å². The highest BCUT2D eigenvalue weighted by atomic mass is 35.5. The SMILES string of the molecule is Cc1c(C)c2ccc(OC(CCc3ccc(-c4ccc(Cl)cc4)cc3)C(=O)O)c([N+](=O)[O-])c2oc1=O. The van der Waals surface area contributed by atoms with Gasteiger partial charge in [0.2, 0.25) is 11.3 Å². The van der Waals surface area contributed by atoms with Crippen LogP contribution in [0.1, 0.15) is 23.1 Å².